The first-order valence-electron chi connectivity index (χ1n) is 7.92. The summed E-state index contributed by atoms with van der Waals surface area (Å²) in [5.41, 5.74) is 3.89. The van der Waals surface area contributed by atoms with Crippen molar-refractivity contribution < 1.29 is 0 Å². The third kappa shape index (κ3) is 3.40. The molecule has 0 saturated carbocycles. The van der Waals surface area contributed by atoms with Gasteiger partial charge in [0.15, 0.2) is 0 Å². The first-order valence-corrected chi connectivity index (χ1v) is 8.29. The van der Waals surface area contributed by atoms with Crippen LogP contribution in [0.5, 0.6) is 0 Å². The normalized spacial score (nSPS) is 10.4. The molecule has 4 heteroatoms. The van der Waals surface area contributed by atoms with Gasteiger partial charge in [-0.25, -0.2) is 4.68 Å². The molecule has 120 valence electrons. The van der Waals surface area contributed by atoms with Crippen molar-refractivity contribution in [3.8, 4) is 17.5 Å². The largest absolute Gasteiger partial charge is 0.256 e. The van der Waals surface area contributed by atoms with Crippen molar-refractivity contribution in [1.82, 2.24) is 14.8 Å². The zero-order chi connectivity index (χ0) is 17.1. The molecule has 4 rings (SSSR count). The lowest BCUT2D eigenvalue weighted by Crippen LogP contribution is -1.96. The van der Waals surface area contributed by atoms with Gasteiger partial charge < -0.3 is 0 Å². The highest BCUT2D eigenvalue weighted by atomic mass is 35.5. The molecule has 0 spiro atoms. The molecule has 0 N–H and O–H groups in total. The maximum atomic E-state index is 6.05. The van der Waals surface area contributed by atoms with Crippen molar-refractivity contribution in [3.05, 3.63) is 89.3 Å². The van der Waals surface area contributed by atoms with E-state index in [1.807, 2.05) is 53.3 Å². The van der Waals surface area contributed by atoms with Crippen LogP contribution in [0.2, 0.25) is 5.02 Å². The van der Waals surface area contributed by atoms with E-state index in [1.165, 1.54) is 5.56 Å². The molecule has 2 aromatic heterocycles. The van der Waals surface area contributed by atoms with E-state index < -0.39 is 0 Å². The monoisotopic (exact) mass is 343 g/mol. The van der Waals surface area contributed by atoms with E-state index in [1.54, 1.807) is 12.4 Å². The summed E-state index contributed by atoms with van der Waals surface area (Å²) in [6.07, 6.45) is 6.20. The Bertz CT molecular complexity index is 1090. The Morgan fingerprint density at radius 2 is 1.92 bits per heavy atom. The molecular weight excluding hydrogens is 330 g/mol. The minimum Gasteiger partial charge on any atom is -0.256 e. The highest BCUT2D eigenvalue weighted by Gasteiger charge is 2.06. The number of rotatable bonds is 2. The van der Waals surface area contributed by atoms with E-state index in [4.69, 9.17) is 11.6 Å². The zero-order valence-corrected chi connectivity index (χ0v) is 14.1. The average Bonchev–Trinajstić information content (AvgIpc) is 3.10. The number of fused-ring (bicyclic) bond motifs is 1. The number of benzene rings is 2. The third-order valence-corrected chi connectivity index (χ3v) is 4.11. The van der Waals surface area contributed by atoms with Gasteiger partial charge in [0.2, 0.25) is 0 Å². The second-order valence-electron chi connectivity index (χ2n) is 5.63. The van der Waals surface area contributed by atoms with E-state index >= 15 is 0 Å². The molecule has 2 aromatic carbocycles. The molecule has 4 aromatic rings. The fourth-order valence-electron chi connectivity index (χ4n) is 2.67. The lowest BCUT2D eigenvalue weighted by molar-refractivity contribution is 0.886. The number of hydrogen-bond acceptors (Lipinski definition) is 2. The molecule has 0 aliphatic rings. The minimum atomic E-state index is 0.671. The van der Waals surface area contributed by atoms with Crippen LogP contribution in [0.1, 0.15) is 11.1 Å². The predicted octanol–water partition coefficient (Wildman–Crippen LogP) is 4.67. The van der Waals surface area contributed by atoms with Gasteiger partial charge in [-0.1, -0.05) is 53.8 Å². The first kappa shape index (κ1) is 15.4. The van der Waals surface area contributed by atoms with Crippen LogP contribution in [-0.4, -0.2) is 14.8 Å². The summed E-state index contributed by atoms with van der Waals surface area (Å²) >= 11 is 6.05. The van der Waals surface area contributed by atoms with Gasteiger partial charge in [-0.2, -0.15) is 5.10 Å². The number of halogens is 1. The maximum absolute atomic E-state index is 6.05. The summed E-state index contributed by atoms with van der Waals surface area (Å²) in [4.78, 5) is 4.36. The van der Waals surface area contributed by atoms with Crippen LogP contribution in [0.4, 0.5) is 0 Å². The van der Waals surface area contributed by atoms with Crippen molar-refractivity contribution in [2.75, 3.05) is 0 Å². The Morgan fingerprint density at radius 1 is 1.04 bits per heavy atom. The van der Waals surface area contributed by atoms with E-state index in [2.05, 4.69) is 34.1 Å². The molecule has 0 aliphatic heterocycles. The summed E-state index contributed by atoms with van der Waals surface area (Å²) in [6.45, 7) is 0. The van der Waals surface area contributed by atoms with Gasteiger partial charge in [0.1, 0.15) is 0 Å². The summed E-state index contributed by atoms with van der Waals surface area (Å²) in [5.74, 6) is 6.36. The summed E-state index contributed by atoms with van der Waals surface area (Å²) < 4.78 is 1.82. The standard InChI is InChI=1S/C21H14ClN3/c22-18-9-10-19-20(13-18)23-12-11-21(19)25-15-17(14-24-25)8-4-7-16-5-2-1-3-6-16/h1-3,5-6,9-15H,7H2. The van der Waals surface area contributed by atoms with Gasteiger partial charge >= 0.3 is 0 Å². The van der Waals surface area contributed by atoms with Crippen molar-refractivity contribution in [2.45, 2.75) is 6.42 Å². The third-order valence-electron chi connectivity index (χ3n) is 3.88. The topological polar surface area (TPSA) is 30.7 Å². The van der Waals surface area contributed by atoms with E-state index in [0.29, 0.717) is 5.02 Å². The Balaban J connectivity index is 1.62. The molecule has 0 saturated heterocycles. The van der Waals surface area contributed by atoms with Gasteiger partial charge in [-0.15, -0.1) is 0 Å². The lowest BCUT2D eigenvalue weighted by atomic mass is 10.1. The fourth-order valence-corrected chi connectivity index (χ4v) is 2.84. The van der Waals surface area contributed by atoms with Crippen LogP contribution < -0.4 is 0 Å². The molecule has 0 atom stereocenters. The molecule has 0 bridgehead atoms. The molecule has 0 aliphatic carbocycles. The molecule has 2 heterocycles. The van der Waals surface area contributed by atoms with Gasteiger partial charge in [0.05, 0.1) is 23.0 Å². The van der Waals surface area contributed by atoms with E-state index in [9.17, 15) is 0 Å². The van der Waals surface area contributed by atoms with Gasteiger partial charge in [0.25, 0.3) is 0 Å². The molecule has 0 amide bonds. The Kier molecular flexibility index (Phi) is 4.20. The van der Waals surface area contributed by atoms with Crippen LogP contribution in [0.3, 0.4) is 0 Å². The Hall–Kier alpha value is -3.09. The Labute approximate surface area is 150 Å². The summed E-state index contributed by atoms with van der Waals surface area (Å²) in [6, 6.07) is 17.8. The van der Waals surface area contributed by atoms with Crippen molar-refractivity contribution >= 4 is 22.5 Å². The van der Waals surface area contributed by atoms with Crippen molar-refractivity contribution in [2.24, 2.45) is 0 Å². The highest BCUT2D eigenvalue weighted by molar-refractivity contribution is 6.31. The van der Waals surface area contributed by atoms with Crippen molar-refractivity contribution in [3.63, 3.8) is 0 Å². The van der Waals surface area contributed by atoms with Crippen LogP contribution in [-0.2, 0) is 6.42 Å². The molecular formula is C21H14ClN3. The molecule has 3 nitrogen and oxygen atoms in total. The van der Waals surface area contributed by atoms with E-state index in [0.717, 1.165) is 28.6 Å². The van der Waals surface area contributed by atoms with Gasteiger partial charge in [-0.05, 0) is 29.8 Å². The fraction of sp³-hybridized carbons (Fsp3) is 0.0476. The molecule has 0 fully saturated rings. The summed E-state index contributed by atoms with van der Waals surface area (Å²) in [7, 11) is 0. The zero-order valence-electron chi connectivity index (χ0n) is 13.4. The smallest absolute Gasteiger partial charge is 0.0755 e. The Morgan fingerprint density at radius 3 is 2.80 bits per heavy atom. The van der Waals surface area contributed by atoms with E-state index in [-0.39, 0.29) is 0 Å². The van der Waals surface area contributed by atoms with Gasteiger partial charge in [0, 0.05) is 29.2 Å². The number of nitrogens with zero attached hydrogens (tertiary/aromatic N) is 3. The molecule has 0 unspecified atom stereocenters. The lowest BCUT2D eigenvalue weighted by Gasteiger charge is -2.05. The SMILES string of the molecule is Clc1ccc2c(-n3cc(C#CCc4ccccc4)cn3)ccnc2c1. The van der Waals surface area contributed by atoms with Crippen molar-refractivity contribution in [1.29, 1.82) is 0 Å². The van der Waals surface area contributed by atoms with Gasteiger partial charge in [-0.3, -0.25) is 4.98 Å². The van der Waals surface area contributed by atoms with Crippen LogP contribution in [0, 0.1) is 11.8 Å². The van der Waals surface area contributed by atoms with Crippen LogP contribution in [0.15, 0.2) is 73.2 Å². The number of pyridine rings is 1. The van der Waals surface area contributed by atoms with Crippen LogP contribution >= 0.6 is 11.6 Å². The number of aromatic nitrogens is 3. The minimum absolute atomic E-state index is 0.671. The predicted molar refractivity (Wildman–Crippen MR) is 101 cm³/mol. The second-order valence-corrected chi connectivity index (χ2v) is 6.07. The average molecular weight is 344 g/mol. The second kappa shape index (κ2) is 6.80. The van der Waals surface area contributed by atoms with Crippen LogP contribution in [0.25, 0.3) is 16.6 Å². The highest BCUT2D eigenvalue weighted by Crippen LogP contribution is 2.23. The summed E-state index contributed by atoms with van der Waals surface area (Å²) in [5, 5.41) is 6.11. The maximum Gasteiger partial charge on any atom is 0.0755 e. The molecule has 25 heavy (non-hydrogen) atoms. The molecule has 0 radical (unpaired) electrons. The number of hydrogen-bond donors (Lipinski definition) is 0. The first-order chi connectivity index (χ1) is 12.3. The quantitative estimate of drug-likeness (QED) is 0.495.